The second-order valence-corrected chi connectivity index (χ2v) is 4.85. The number of aromatic hydroxyl groups is 1. The molecule has 0 aliphatic carbocycles. The van der Waals surface area contributed by atoms with Gasteiger partial charge in [0.25, 0.3) is 11.1 Å². The Labute approximate surface area is 107 Å². The highest BCUT2D eigenvalue weighted by molar-refractivity contribution is 8.18. The summed E-state index contributed by atoms with van der Waals surface area (Å²) in [6.45, 7) is 0. The lowest BCUT2D eigenvalue weighted by atomic mass is 10.2. The van der Waals surface area contributed by atoms with Gasteiger partial charge in [-0.3, -0.25) is 14.5 Å². The topological polar surface area (TPSA) is 57.6 Å². The lowest BCUT2D eigenvalue weighted by Crippen LogP contribution is -2.22. The van der Waals surface area contributed by atoms with E-state index in [2.05, 4.69) is 0 Å². The molecule has 17 heavy (non-hydrogen) atoms. The molecule has 0 bridgehead atoms. The van der Waals surface area contributed by atoms with Crippen LogP contribution in [0.4, 0.5) is 4.79 Å². The van der Waals surface area contributed by atoms with Crippen molar-refractivity contribution in [1.82, 2.24) is 4.90 Å². The molecule has 1 saturated heterocycles. The molecule has 2 amide bonds. The van der Waals surface area contributed by atoms with Gasteiger partial charge in [-0.1, -0.05) is 17.7 Å². The fourth-order valence-corrected chi connectivity index (χ4v) is 2.33. The van der Waals surface area contributed by atoms with Crippen LogP contribution in [0.25, 0.3) is 6.08 Å². The number of imide groups is 1. The van der Waals surface area contributed by atoms with Gasteiger partial charge in [0, 0.05) is 7.05 Å². The molecule has 1 aromatic rings. The van der Waals surface area contributed by atoms with Crippen LogP contribution < -0.4 is 0 Å². The molecule has 0 atom stereocenters. The van der Waals surface area contributed by atoms with Gasteiger partial charge in [-0.25, -0.2) is 0 Å². The van der Waals surface area contributed by atoms with E-state index < -0.39 is 0 Å². The van der Waals surface area contributed by atoms with Crippen molar-refractivity contribution in [2.75, 3.05) is 7.05 Å². The molecular weight excluding hydrogens is 262 g/mol. The SMILES string of the molecule is CN1C(=O)SC(=Cc2ccc(O)c(Cl)c2)C1=O. The first-order chi connectivity index (χ1) is 7.99. The predicted octanol–water partition coefficient (Wildman–Crippen LogP) is 2.71. The Bertz CT molecular complexity index is 542. The van der Waals surface area contributed by atoms with E-state index in [1.54, 1.807) is 12.1 Å². The van der Waals surface area contributed by atoms with Gasteiger partial charge in [-0.15, -0.1) is 0 Å². The number of phenolic OH excluding ortho intramolecular Hbond substituents is 1. The van der Waals surface area contributed by atoms with E-state index in [0.717, 1.165) is 16.7 Å². The summed E-state index contributed by atoms with van der Waals surface area (Å²) in [7, 11) is 1.43. The first kappa shape index (κ1) is 12.0. The molecule has 0 radical (unpaired) electrons. The lowest BCUT2D eigenvalue weighted by Gasteiger charge is -2.01. The van der Waals surface area contributed by atoms with E-state index in [9.17, 15) is 14.7 Å². The second-order valence-electron chi connectivity index (χ2n) is 3.45. The summed E-state index contributed by atoms with van der Waals surface area (Å²) >= 11 is 6.62. The molecule has 1 heterocycles. The molecule has 4 nitrogen and oxygen atoms in total. The number of rotatable bonds is 1. The van der Waals surface area contributed by atoms with Gasteiger partial charge in [-0.2, -0.15) is 0 Å². The molecule has 0 aromatic heterocycles. The van der Waals surface area contributed by atoms with Crippen LogP contribution in [0.15, 0.2) is 23.1 Å². The van der Waals surface area contributed by atoms with Crippen molar-refractivity contribution in [3.05, 3.63) is 33.7 Å². The van der Waals surface area contributed by atoms with Gasteiger partial charge in [0.2, 0.25) is 0 Å². The van der Waals surface area contributed by atoms with Crippen molar-refractivity contribution in [3.63, 3.8) is 0 Å². The summed E-state index contributed by atoms with van der Waals surface area (Å²) in [5.41, 5.74) is 0.659. The Kier molecular flexibility index (Phi) is 3.13. The summed E-state index contributed by atoms with van der Waals surface area (Å²) in [5.74, 6) is -0.350. The van der Waals surface area contributed by atoms with Crippen molar-refractivity contribution >= 4 is 40.6 Å². The highest BCUT2D eigenvalue weighted by Crippen LogP contribution is 2.32. The van der Waals surface area contributed by atoms with E-state index in [4.69, 9.17) is 11.6 Å². The molecular formula is C11H8ClNO3S. The first-order valence-electron chi connectivity index (χ1n) is 4.69. The van der Waals surface area contributed by atoms with E-state index >= 15 is 0 Å². The zero-order chi connectivity index (χ0) is 12.6. The Morgan fingerprint density at radius 1 is 1.41 bits per heavy atom. The van der Waals surface area contributed by atoms with Crippen LogP contribution in [-0.4, -0.2) is 28.2 Å². The molecule has 6 heteroatoms. The van der Waals surface area contributed by atoms with Crippen LogP contribution in [0.3, 0.4) is 0 Å². The number of phenols is 1. The number of benzene rings is 1. The van der Waals surface area contributed by atoms with Crippen LogP contribution in [-0.2, 0) is 4.79 Å². The Hall–Kier alpha value is -1.46. The summed E-state index contributed by atoms with van der Waals surface area (Å²) in [6, 6.07) is 4.58. The number of thioether (sulfide) groups is 1. The highest BCUT2D eigenvalue weighted by atomic mass is 35.5. The minimum atomic E-state index is -0.329. The van der Waals surface area contributed by atoms with Crippen molar-refractivity contribution in [1.29, 1.82) is 0 Å². The van der Waals surface area contributed by atoms with Crippen molar-refractivity contribution in [3.8, 4) is 5.75 Å². The van der Waals surface area contributed by atoms with E-state index in [1.165, 1.54) is 19.2 Å². The molecule has 88 valence electrons. The average Bonchev–Trinajstić information content (AvgIpc) is 2.52. The number of halogens is 1. The number of carbonyl (C=O) groups excluding carboxylic acids is 2. The zero-order valence-electron chi connectivity index (χ0n) is 8.81. The van der Waals surface area contributed by atoms with Gasteiger partial charge < -0.3 is 5.11 Å². The van der Waals surface area contributed by atoms with Crippen LogP contribution in [0.2, 0.25) is 5.02 Å². The average molecular weight is 270 g/mol. The van der Waals surface area contributed by atoms with Crippen molar-refractivity contribution < 1.29 is 14.7 Å². The number of hydrogen-bond acceptors (Lipinski definition) is 4. The van der Waals surface area contributed by atoms with Crippen LogP contribution in [0.5, 0.6) is 5.75 Å². The maximum atomic E-state index is 11.6. The monoisotopic (exact) mass is 269 g/mol. The van der Waals surface area contributed by atoms with Gasteiger partial charge in [0.15, 0.2) is 0 Å². The third-order valence-corrected chi connectivity index (χ3v) is 3.52. The molecule has 1 aromatic carbocycles. The summed E-state index contributed by atoms with van der Waals surface area (Å²) in [5, 5.41) is 9.16. The first-order valence-corrected chi connectivity index (χ1v) is 5.88. The molecule has 0 spiro atoms. The number of carbonyl (C=O) groups is 2. The third-order valence-electron chi connectivity index (χ3n) is 2.26. The van der Waals surface area contributed by atoms with Gasteiger partial charge in [0.1, 0.15) is 5.75 Å². The van der Waals surface area contributed by atoms with E-state index in [1.807, 2.05) is 0 Å². The van der Waals surface area contributed by atoms with E-state index in [0.29, 0.717) is 10.5 Å². The van der Waals surface area contributed by atoms with Crippen LogP contribution >= 0.6 is 23.4 Å². The standard InChI is InChI=1S/C11H8ClNO3S/c1-13-10(15)9(17-11(13)16)5-6-2-3-8(14)7(12)4-6/h2-5,14H,1H3. The number of likely N-dealkylation sites (N-methyl/N-ethyl adjacent to an activating group) is 1. The fourth-order valence-electron chi connectivity index (χ4n) is 1.31. The maximum absolute atomic E-state index is 11.6. The number of amides is 2. The lowest BCUT2D eigenvalue weighted by molar-refractivity contribution is -0.121. The highest BCUT2D eigenvalue weighted by Gasteiger charge is 2.31. The van der Waals surface area contributed by atoms with Gasteiger partial charge >= 0.3 is 0 Å². The quantitative estimate of drug-likeness (QED) is 0.797. The molecule has 1 aliphatic rings. The van der Waals surface area contributed by atoms with Gasteiger partial charge in [0.05, 0.1) is 9.93 Å². The Morgan fingerprint density at radius 3 is 2.65 bits per heavy atom. The van der Waals surface area contributed by atoms with Crippen molar-refractivity contribution in [2.24, 2.45) is 0 Å². The minimum absolute atomic E-state index is 0.0209. The summed E-state index contributed by atoms with van der Waals surface area (Å²) < 4.78 is 0. The van der Waals surface area contributed by atoms with E-state index in [-0.39, 0.29) is 21.9 Å². The molecule has 0 unspecified atom stereocenters. The molecule has 1 fully saturated rings. The molecule has 2 rings (SSSR count). The number of nitrogens with zero attached hydrogens (tertiary/aromatic N) is 1. The molecule has 1 aliphatic heterocycles. The fraction of sp³-hybridized carbons (Fsp3) is 0.0909. The van der Waals surface area contributed by atoms with Gasteiger partial charge in [-0.05, 0) is 35.5 Å². The maximum Gasteiger partial charge on any atom is 0.293 e. The molecule has 1 N–H and O–H groups in total. The predicted molar refractivity (Wildman–Crippen MR) is 66.9 cm³/mol. The normalized spacial score (nSPS) is 18.2. The van der Waals surface area contributed by atoms with Crippen molar-refractivity contribution in [2.45, 2.75) is 0 Å². The minimum Gasteiger partial charge on any atom is -0.506 e. The smallest absolute Gasteiger partial charge is 0.293 e. The summed E-state index contributed by atoms with van der Waals surface area (Å²) in [4.78, 5) is 24.3. The Morgan fingerprint density at radius 2 is 2.12 bits per heavy atom. The molecule has 0 saturated carbocycles. The summed E-state index contributed by atoms with van der Waals surface area (Å²) in [6.07, 6.45) is 1.57. The Balaban J connectivity index is 2.34. The zero-order valence-corrected chi connectivity index (χ0v) is 10.4. The van der Waals surface area contributed by atoms with Crippen LogP contribution in [0, 0.1) is 0 Å². The largest absolute Gasteiger partial charge is 0.506 e. The number of hydrogen-bond donors (Lipinski definition) is 1. The third kappa shape index (κ3) is 2.30. The second kappa shape index (κ2) is 4.43. The van der Waals surface area contributed by atoms with Crippen LogP contribution in [0.1, 0.15) is 5.56 Å².